The molecule has 0 amide bonds. The summed E-state index contributed by atoms with van der Waals surface area (Å²) in [6.07, 6.45) is 77.0. The van der Waals surface area contributed by atoms with E-state index in [1.165, 1.54) is 128 Å². The molecule has 0 saturated carbocycles. The minimum atomic E-state index is -0.815. The van der Waals surface area contributed by atoms with Crippen LogP contribution >= 0.6 is 0 Å². The van der Waals surface area contributed by atoms with Crippen molar-refractivity contribution in [3.63, 3.8) is 0 Å². The fraction of sp³-hybridized carbons (Fsp3) is 0.703. The Labute approximate surface area is 432 Å². The predicted molar refractivity (Wildman–Crippen MR) is 302 cm³/mol. The van der Waals surface area contributed by atoms with Gasteiger partial charge >= 0.3 is 17.9 Å². The molecule has 0 bridgehead atoms. The van der Waals surface area contributed by atoms with E-state index < -0.39 is 6.10 Å². The Bertz CT molecular complexity index is 1400. The first kappa shape index (κ1) is 66.3. The van der Waals surface area contributed by atoms with Gasteiger partial charge in [-0.15, -0.1) is 0 Å². The number of hydrogen-bond acceptors (Lipinski definition) is 6. The quantitative estimate of drug-likeness (QED) is 0.0262. The Morgan fingerprint density at radius 2 is 0.586 bits per heavy atom. The topological polar surface area (TPSA) is 78.9 Å². The Morgan fingerprint density at radius 3 is 0.971 bits per heavy atom. The molecule has 0 aromatic carbocycles. The average Bonchev–Trinajstić information content (AvgIpc) is 3.36. The summed E-state index contributed by atoms with van der Waals surface area (Å²) in [4.78, 5) is 38.1. The van der Waals surface area contributed by atoms with Crippen LogP contribution in [0.1, 0.15) is 271 Å². The van der Waals surface area contributed by atoms with Gasteiger partial charge in [-0.1, -0.05) is 240 Å². The van der Waals surface area contributed by atoms with Gasteiger partial charge in [0.25, 0.3) is 0 Å². The highest BCUT2D eigenvalue weighted by Gasteiger charge is 2.19. The Hall–Kier alpha value is -3.67. The van der Waals surface area contributed by atoms with Crippen LogP contribution in [0.15, 0.2) is 97.2 Å². The van der Waals surface area contributed by atoms with Gasteiger partial charge in [0, 0.05) is 19.3 Å². The Balaban J connectivity index is 4.40. The lowest BCUT2D eigenvalue weighted by Crippen LogP contribution is -2.30. The van der Waals surface area contributed by atoms with Crippen LogP contribution < -0.4 is 0 Å². The van der Waals surface area contributed by atoms with E-state index in [-0.39, 0.29) is 37.5 Å². The van der Waals surface area contributed by atoms with Crippen LogP contribution in [0, 0.1) is 0 Å². The van der Waals surface area contributed by atoms with Crippen molar-refractivity contribution in [2.24, 2.45) is 0 Å². The maximum Gasteiger partial charge on any atom is 0.306 e. The van der Waals surface area contributed by atoms with Crippen LogP contribution in [0.3, 0.4) is 0 Å². The molecule has 1 atom stereocenters. The van der Waals surface area contributed by atoms with E-state index in [1.807, 2.05) is 6.08 Å². The molecule has 6 nitrogen and oxygen atoms in total. The molecular formula is C64H108O6. The number of allylic oxidation sites excluding steroid dienone is 16. The second kappa shape index (κ2) is 57.9. The first-order chi connectivity index (χ1) is 34.5. The van der Waals surface area contributed by atoms with Crippen molar-refractivity contribution in [1.82, 2.24) is 0 Å². The van der Waals surface area contributed by atoms with Crippen molar-refractivity contribution in [2.45, 2.75) is 277 Å². The van der Waals surface area contributed by atoms with Gasteiger partial charge in [0.05, 0.1) is 0 Å². The minimum absolute atomic E-state index is 0.107. The van der Waals surface area contributed by atoms with Gasteiger partial charge in [0.15, 0.2) is 6.10 Å². The lowest BCUT2D eigenvalue weighted by molar-refractivity contribution is -0.166. The number of ether oxygens (including phenoxy) is 3. The van der Waals surface area contributed by atoms with Crippen LogP contribution in [0.2, 0.25) is 0 Å². The number of unbranched alkanes of at least 4 members (excludes halogenated alkanes) is 25. The van der Waals surface area contributed by atoms with Gasteiger partial charge in [-0.25, -0.2) is 0 Å². The molecule has 0 N–H and O–H groups in total. The van der Waals surface area contributed by atoms with Crippen molar-refractivity contribution in [3.8, 4) is 0 Å². The largest absolute Gasteiger partial charge is 0.462 e. The van der Waals surface area contributed by atoms with Crippen molar-refractivity contribution in [3.05, 3.63) is 97.2 Å². The van der Waals surface area contributed by atoms with Gasteiger partial charge in [-0.05, 0) is 109 Å². The molecular weight excluding hydrogens is 865 g/mol. The highest BCUT2D eigenvalue weighted by Crippen LogP contribution is 2.15. The zero-order valence-electron chi connectivity index (χ0n) is 45.8. The maximum absolute atomic E-state index is 12.8. The van der Waals surface area contributed by atoms with Crippen LogP contribution in [-0.2, 0) is 28.6 Å². The number of esters is 3. The number of rotatable bonds is 52. The summed E-state index contributed by atoms with van der Waals surface area (Å²) >= 11 is 0. The molecule has 0 aliphatic rings. The first-order valence-electron chi connectivity index (χ1n) is 29.2. The highest BCUT2D eigenvalue weighted by molar-refractivity contribution is 5.71. The van der Waals surface area contributed by atoms with E-state index >= 15 is 0 Å². The molecule has 0 saturated heterocycles. The Morgan fingerprint density at radius 1 is 0.300 bits per heavy atom. The lowest BCUT2D eigenvalue weighted by atomic mass is 10.0. The van der Waals surface area contributed by atoms with Crippen molar-refractivity contribution < 1.29 is 28.6 Å². The molecule has 0 heterocycles. The van der Waals surface area contributed by atoms with E-state index in [9.17, 15) is 14.4 Å². The third-order valence-electron chi connectivity index (χ3n) is 12.3. The van der Waals surface area contributed by atoms with Crippen molar-refractivity contribution in [1.29, 1.82) is 0 Å². The molecule has 0 aliphatic carbocycles. The Kier molecular flexibility index (Phi) is 54.9. The van der Waals surface area contributed by atoms with Gasteiger partial charge in [-0.2, -0.15) is 0 Å². The van der Waals surface area contributed by atoms with E-state index in [2.05, 4.69) is 112 Å². The predicted octanol–water partition coefficient (Wildman–Crippen LogP) is 19.7. The SMILES string of the molecule is CC/C=C\C/C=C\C/C=C\C/C=C\CCC(=O)OCC(COC(=O)CCCCCCCCCCCCC/C=C\C/C=C\CCCCCCC)OC(=O)CCCCCCC/C=C\C/C=C\CCCCCC. The molecule has 0 rings (SSSR count). The summed E-state index contributed by atoms with van der Waals surface area (Å²) in [5.41, 5.74) is 0. The van der Waals surface area contributed by atoms with Crippen LogP contribution in [0.25, 0.3) is 0 Å². The summed E-state index contributed by atoms with van der Waals surface area (Å²) in [5, 5.41) is 0. The first-order valence-corrected chi connectivity index (χ1v) is 29.2. The molecule has 70 heavy (non-hydrogen) atoms. The number of hydrogen-bond donors (Lipinski definition) is 0. The monoisotopic (exact) mass is 973 g/mol. The fourth-order valence-electron chi connectivity index (χ4n) is 7.93. The van der Waals surface area contributed by atoms with E-state index in [4.69, 9.17) is 14.2 Å². The van der Waals surface area contributed by atoms with E-state index in [0.29, 0.717) is 19.3 Å². The molecule has 400 valence electrons. The lowest BCUT2D eigenvalue weighted by Gasteiger charge is -2.18. The molecule has 0 aliphatic heterocycles. The van der Waals surface area contributed by atoms with Gasteiger partial charge in [-0.3, -0.25) is 14.4 Å². The molecule has 0 aromatic rings. The average molecular weight is 974 g/mol. The van der Waals surface area contributed by atoms with Crippen molar-refractivity contribution >= 4 is 17.9 Å². The summed E-state index contributed by atoms with van der Waals surface area (Å²) in [6, 6.07) is 0. The maximum atomic E-state index is 12.8. The smallest absolute Gasteiger partial charge is 0.306 e. The zero-order chi connectivity index (χ0) is 50.7. The highest BCUT2D eigenvalue weighted by atomic mass is 16.6. The molecule has 1 unspecified atom stereocenters. The second-order valence-corrected chi connectivity index (χ2v) is 19.2. The van der Waals surface area contributed by atoms with Crippen molar-refractivity contribution in [2.75, 3.05) is 13.2 Å². The summed E-state index contributed by atoms with van der Waals surface area (Å²) in [7, 11) is 0. The molecule has 6 heteroatoms. The fourth-order valence-corrected chi connectivity index (χ4v) is 7.93. The number of carbonyl (C=O) groups excluding carboxylic acids is 3. The summed E-state index contributed by atoms with van der Waals surface area (Å²) < 4.78 is 16.8. The van der Waals surface area contributed by atoms with E-state index in [0.717, 1.165) is 96.3 Å². The van der Waals surface area contributed by atoms with Crippen LogP contribution in [0.4, 0.5) is 0 Å². The summed E-state index contributed by atoms with van der Waals surface area (Å²) in [5.74, 6) is -1.00. The van der Waals surface area contributed by atoms with Crippen LogP contribution in [-0.4, -0.2) is 37.2 Å². The van der Waals surface area contributed by atoms with E-state index in [1.54, 1.807) is 0 Å². The number of carbonyl (C=O) groups is 3. The molecule has 0 radical (unpaired) electrons. The zero-order valence-corrected chi connectivity index (χ0v) is 45.8. The standard InChI is InChI=1S/C64H108O6/c1-4-7-10-13-16-19-22-25-27-29-30-31-32-33-34-35-37-39-42-45-48-51-54-57-63(66)69-60-61(59-68-62(65)56-53-50-47-44-41-38-24-21-18-15-12-9-6-3)70-64(67)58-55-52-49-46-43-40-36-28-26-23-20-17-14-11-8-5-2/h9,12,18,20-23,25,28-30,36,38,41,47,50,61H,4-8,10-11,13-17,19,24,26-27,31-35,37,39-40,42-46,48-49,51-60H2,1-3H3/b12-9-,21-18-,23-20-,25-22-,30-29-,36-28-,41-38-,50-47-. The van der Waals surface area contributed by atoms with Gasteiger partial charge in [0.1, 0.15) is 13.2 Å². The molecule has 0 aromatic heterocycles. The second-order valence-electron chi connectivity index (χ2n) is 19.2. The minimum Gasteiger partial charge on any atom is -0.462 e. The normalized spacial score (nSPS) is 12.8. The van der Waals surface area contributed by atoms with Crippen LogP contribution in [0.5, 0.6) is 0 Å². The van der Waals surface area contributed by atoms with Gasteiger partial charge < -0.3 is 14.2 Å². The van der Waals surface area contributed by atoms with Gasteiger partial charge in [0.2, 0.25) is 0 Å². The third kappa shape index (κ3) is 55.3. The molecule has 0 spiro atoms. The third-order valence-corrected chi connectivity index (χ3v) is 12.3. The molecule has 0 fully saturated rings. The summed E-state index contributed by atoms with van der Waals surface area (Å²) in [6.45, 7) is 6.43.